The Kier molecular flexibility index (Phi) is 37.9. The van der Waals surface area contributed by atoms with Gasteiger partial charge in [-0.15, -0.1) is 0 Å². The lowest BCUT2D eigenvalue weighted by Gasteiger charge is -2.47. The largest absolute Gasteiger partial charge is 0.475 e. The molecule has 122 heavy (non-hydrogen) atoms. The molecule has 3 fully saturated rings. The number of phosphoric acid groups is 2. The number of ether oxygens (including phenoxy) is 13. The van der Waals surface area contributed by atoms with Gasteiger partial charge in [0.2, 0.25) is 5.91 Å². The lowest BCUT2D eigenvalue weighted by Crippen LogP contribution is -2.62. The van der Waals surface area contributed by atoms with Gasteiger partial charge in [-0.2, -0.15) is 10.5 Å². The molecule has 9 aromatic carbocycles. The minimum Gasteiger partial charge on any atom is -0.387 e. The Morgan fingerprint density at radius 3 is 0.803 bits per heavy atom. The minimum atomic E-state index is -5.21. The lowest BCUT2D eigenvalue weighted by molar-refractivity contribution is -0.270. The number of rotatable bonds is 52. The van der Waals surface area contributed by atoms with Crippen LogP contribution in [0.4, 0.5) is 0 Å². The molecule has 3 aliphatic rings. The maximum atomic E-state index is 16.8. The number of benzene rings is 9. The molecule has 5 unspecified atom stereocenters. The van der Waals surface area contributed by atoms with Crippen LogP contribution >= 0.6 is 15.6 Å². The van der Waals surface area contributed by atoms with E-state index in [1.807, 2.05) is 273 Å². The Labute approximate surface area is 713 Å². The fourth-order valence-corrected chi connectivity index (χ4v) is 17.0. The topological polar surface area (TPSA) is 320 Å². The number of nitriles is 2. The molecule has 646 valence electrons. The smallest absolute Gasteiger partial charge is 0.387 e. The van der Waals surface area contributed by atoms with Gasteiger partial charge in [-0.1, -0.05) is 273 Å². The van der Waals surface area contributed by atoms with Gasteiger partial charge in [-0.3, -0.25) is 31.9 Å². The van der Waals surface area contributed by atoms with E-state index in [2.05, 4.69) is 12.1 Å². The predicted octanol–water partition coefficient (Wildman–Crippen LogP) is 15.0. The summed E-state index contributed by atoms with van der Waals surface area (Å²) in [5, 5.41) is 33.3. The van der Waals surface area contributed by atoms with Crippen LogP contribution in [0.5, 0.6) is 0 Å². The van der Waals surface area contributed by atoms with Crippen molar-refractivity contribution in [3.8, 4) is 12.1 Å². The molecule has 0 radical (unpaired) electrons. The molecule has 0 saturated carbocycles. The van der Waals surface area contributed by atoms with Crippen LogP contribution in [0.3, 0.4) is 0 Å². The highest BCUT2D eigenvalue weighted by Crippen LogP contribution is 2.56. The highest BCUT2D eigenvalue weighted by atomic mass is 31.2. The molecular formula is C94H107N3O23P2. The SMILES string of the molecule is N#CCCOP(=O)(OC[C@@H]1O[C@H](COCc2ccccc2)[C@@H](OCc2ccccc2)C(OP(=O)(OCCC#N)OC[C@@H]2O[C@H](COCc3ccccc3)[C@@H](OCc3ccccc3)C(O)[C@H]2OCc2ccccc2)[C@H]1OCc1ccccc1)OC1[C@@H](OCc2ccccc2)[C@H](COCCCC(N)=O)O[C@H](COCc2ccccc2)[C@H]1OCc1ccccc1. The van der Waals surface area contributed by atoms with Gasteiger partial charge < -0.3 is 72.4 Å². The van der Waals surface area contributed by atoms with Crippen molar-refractivity contribution in [2.24, 2.45) is 5.73 Å². The van der Waals surface area contributed by atoms with Gasteiger partial charge in [-0.25, -0.2) is 9.13 Å². The van der Waals surface area contributed by atoms with Crippen LogP contribution in [0.1, 0.15) is 75.8 Å². The quantitative estimate of drug-likeness (QED) is 0.0264. The number of aliphatic hydroxyl groups is 1. The van der Waals surface area contributed by atoms with E-state index in [1.165, 1.54) is 0 Å². The molecule has 3 aliphatic heterocycles. The second-order valence-corrected chi connectivity index (χ2v) is 32.7. The Morgan fingerprint density at radius 2 is 0.541 bits per heavy atom. The average molecular weight is 1710 g/mol. The Morgan fingerprint density at radius 1 is 0.311 bits per heavy atom. The monoisotopic (exact) mass is 1710 g/mol. The fraction of sp³-hybridized carbons (Fsp3) is 0.394. The summed E-state index contributed by atoms with van der Waals surface area (Å²) in [6.45, 7) is -2.74. The van der Waals surface area contributed by atoms with Gasteiger partial charge in [0.1, 0.15) is 91.6 Å². The van der Waals surface area contributed by atoms with Gasteiger partial charge in [0, 0.05) is 13.0 Å². The zero-order valence-corrected chi connectivity index (χ0v) is 69.8. The van der Waals surface area contributed by atoms with E-state index in [0.29, 0.717) is 5.56 Å². The standard InChI is InChI=1S/C94H107N3O23P2/c95-50-29-53-112-121(100,114-68-83-88(107-59-74-39-18-5-19-40-74)86(99)87(106-58-73-37-16-4-17-38-73)79(116-83)65-103-55-70-31-10-1-11-32-70)120-94-91(110-62-77-45-24-8-25-46-77)82(67-105-57-72-35-14-3-15-36-72)118-84(92(94)111-63-78-47-26-9-27-48-78)69-115-122(101,113-54-30-51-96)119-93-89(108-60-75-41-20-6-21-42-75)80(64-102-52-28-49-85(97)98)117-81(66-104-56-71-33-12-2-13-34-71)90(93)109-61-76-43-22-7-23-44-76/h1-27,31-48,79-84,86-94,99H,28-30,49,52-69H2,(H2,97,98)/t79-,80+,81-,82-,83+,84+,86?,87-,88+,89+,90-,91-,92+,93?,94?,121?,122?/m1/s1. The van der Waals surface area contributed by atoms with Crippen molar-refractivity contribution in [2.45, 2.75) is 177 Å². The summed E-state index contributed by atoms with van der Waals surface area (Å²) in [7, 11) is -10.4. The van der Waals surface area contributed by atoms with Gasteiger partial charge in [0.05, 0.1) is 137 Å². The second-order valence-electron chi connectivity index (χ2n) is 29.5. The van der Waals surface area contributed by atoms with Crippen LogP contribution < -0.4 is 5.73 Å². The van der Waals surface area contributed by atoms with Gasteiger partial charge in [0.15, 0.2) is 0 Å². The molecule has 26 nitrogen and oxygen atoms in total. The first-order chi connectivity index (χ1) is 59.9. The number of carbonyl (C=O) groups excluding carboxylic acids is 1. The molecule has 0 aromatic heterocycles. The maximum Gasteiger partial charge on any atom is 0.475 e. The number of nitrogens with zero attached hydrogens (tertiary/aromatic N) is 2. The van der Waals surface area contributed by atoms with Crippen LogP contribution in [-0.2, 0) is 162 Å². The molecule has 3 N–H and O–H groups in total. The van der Waals surface area contributed by atoms with Crippen molar-refractivity contribution in [3.63, 3.8) is 0 Å². The minimum absolute atomic E-state index is 0.0153. The first-order valence-corrected chi connectivity index (χ1v) is 44.0. The summed E-state index contributed by atoms with van der Waals surface area (Å²) in [6, 6.07) is 88.7. The van der Waals surface area contributed by atoms with E-state index in [1.54, 1.807) is 0 Å². The number of amides is 1. The fourth-order valence-electron chi connectivity index (χ4n) is 14.2. The van der Waals surface area contributed by atoms with Crippen molar-refractivity contribution in [1.82, 2.24) is 0 Å². The molecule has 9 aromatic rings. The van der Waals surface area contributed by atoms with E-state index in [9.17, 15) is 20.4 Å². The third kappa shape index (κ3) is 29.7. The van der Waals surface area contributed by atoms with Crippen molar-refractivity contribution < 1.29 is 108 Å². The average Bonchev–Trinajstić information content (AvgIpc) is 0.767. The van der Waals surface area contributed by atoms with Crippen LogP contribution in [0.2, 0.25) is 0 Å². The molecule has 17 atom stereocenters. The summed E-state index contributed by atoms with van der Waals surface area (Å²) in [6.07, 6.45) is -19.5. The molecule has 1 amide bonds. The van der Waals surface area contributed by atoms with Crippen LogP contribution in [0.25, 0.3) is 0 Å². The summed E-state index contributed by atoms with van der Waals surface area (Å²) in [4.78, 5) is 12.0. The number of hydrogen-bond donors (Lipinski definition) is 2. The summed E-state index contributed by atoms with van der Waals surface area (Å²) in [5.74, 6) is -0.506. The van der Waals surface area contributed by atoms with Crippen molar-refractivity contribution >= 4 is 21.6 Å². The number of aliphatic hydroxyl groups excluding tert-OH is 1. The highest BCUT2D eigenvalue weighted by molar-refractivity contribution is 7.48. The Bertz CT molecular complexity index is 4620. The van der Waals surface area contributed by atoms with Crippen LogP contribution in [0.15, 0.2) is 273 Å². The van der Waals surface area contributed by atoms with Gasteiger partial charge >= 0.3 is 15.6 Å². The third-order valence-corrected chi connectivity index (χ3v) is 23.3. The zero-order chi connectivity index (χ0) is 84.7. The molecule has 0 bridgehead atoms. The van der Waals surface area contributed by atoms with E-state index < -0.39 is 140 Å². The van der Waals surface area contributed by atoms with Crippen molar-refractivity contribution in [3.05, 3.63) is 323 Å². The van der Waals surface area contributed by atoms with Crippen molar-refractivity contribution in [1.29, 1.82) is 10.5 Å². The molecule has 0 spiro atoms. The van der Waals surface area contributed by atoms with Gasteiger partial charge in [0.25, 0.3) is 0 Å². The number of carbonyl (C=O) groups is 1. The summed E-state index contributed by atoms with van der Waals surface area (Å²) >= 11 is 0. The molecule has 12 rings (SSSR count). The highest BCUT2D eigenvalue weighted by Gasteiger charge is 2.56. The molecule has 28 heteroatoms. The predicted molar refractivity (Wildman–Crippen MR) is 449 cm³/mol. The Balaban J connectivity index is 0.938. The summed E-state index contributed by atoms with van der Waals surface area (Å²) in [5.41, 5.74) is 12.6. The summed E-state index contributed by atoms with van der Waals surface area (Å²) < 4.78 is 162. The molecule has 3 saturated heterocycles. The number of nitrogens with two attached hydrogens (primary N) is 1. The number of hydrogen-bond acceptors (Lipinski definition) is 25. The van der Waals surface area contributed by atoms with E-state index >= 15 is 9.13 Å². The van der Waals surface area contributed by atoms with Gasteiger partial charge in [-0.05, 0) is 56.5 Å². The third-order valence-electron chi connectivity index (χ3n) is 20.3. The number of phosphoric ester groups is 2. The van der Waals surface area contributed by atoms with Crippen LogP contribution in [-0.4, -0.2) is 162 Å². The second kappa shape index (κ2) is 50.1. The first-order valence-electron chi connectivity index (χ1n) is 41.0. The van der Waals surface area contributed by atoms with E-state index in [4.69, 9.17) is 94.5 Å². The lowest BCUT2D eigenvalue weighted by atomic mass is 9.94. The molecule has 0 aliphatic carbocycles. The zero-order valence-electron chi connectivity index (χ0n) is 68.0. The van der Waals surface area contributed by atoms with E-state index in [0.717, 1.165) is 44.5 Å². The Hall–Kier alpha value is -8.91. The van der Waals surface area contributed by atoms with Crippen molar-refractivity contribution in [2.75, 3.05) is 59.5 Å². The number of primary amides is 1. The molecule has 3 heterocycles. The molecular weight excluding hydrogens is 1600 g/mol. The van der Waals surface area contributed by atoms with Crippen LogP contribution in [0, 0.1) is 22.7 Å². The normalized spacial score (nSPS) is 23.8. The first kappa shape index (κ1) is 92.3. The van der Waals surface area contributed by atoms with E-state index in [-0.39, 0.29) is 118 Å². The maximum absolute atomic E-state index is 16.8.